The Balaban J connectivity index is 1.49. The maximum absolute atomic E-state index is 11.8. The summed E-state index contributed by atoms with van der Waals surface area (Å²) in [6.07, 6.45) is 1.00. The molecule has 1 N–H and O–H groups in total. The van der Waals surface area contributed by atoms with Crippen LogP contribution in [0.15, 0.2) is 28.7 Å². The Hall–Kier alpha value is -0.560. The van der Waals surface area contributed by atoms with Crippen molar-refractivity contribution >= 4 is 33.6 Å². The van der Waals surface area contributed by atoms with Crippen LogP contribution in [0.2, 0.25) is 0 Å². The Morgan fingerprint density at radius 1 is 1.27 bits per heavy atom. The van der Waals surface area contributed by atoms with Crippen LogP contribution < -0.4 is 5.32 Å². The zero-order chi connectivity index (χ0) is 15.6. The number of hydrogen-bond acceptors (Lipinski definition) is 4. The van der Waals surface area contributed by atoms with E-state index in [1.54, 1.807) is 11.8 Å². The molecule has 0 spiro atoms. The predicted octanol–water partition coefficient (Wildman–Crippen LogP) is 2.52. The maximum Gasteiger partial charge on any atom is 0.230 e. The second kappa shape index (κ2) is 10.3. The molecule has 1 aromatic rings. The van der Waals surface area contributed by atoms with E-state index in [1.807, 2.05) is 12.1 Å². The van der Waals surface area contributed by atoms with Crippen LogP contribution in [0.4, 0.5) is 0 Å². The van der Waals surface area contributed by atoms with E-state index in [1.165, 1.54) is 5.56 Å². The standard InChI is InChI=1S/C16H23BrN2O2S/c17-15-4-2-14(3-5-15)12-22-13-16(20)18-6-1-7-19-8-10-21-11-9-19/h2-5H,1,6-13H2,(H,18,20). The first-order chi connectivity index (χ1) is 10.7. The van der Waals surface area contributed by atoms with Crippen LogP contribution in [0.1, 0.15) is 12.0 Å². The normalized spacial score (nSPS) is 15.7. The van der Waals surface area contributed by atoms with E-state index in [2.05, 4.69) is 38.3 Å². The fraction of sp³-hybridized carbons (Fsp3) is 0.562. The molecule has 0 atom stereocenters. The third-order valence-corrected chi connectivity index (χ3v) is 5.02. The van der Waals surface area contributed by atoms with E-state index in [0.717, 1.165) is 56.0 Å². The molecule has 1 fully saturated rings. The average molecular weight is 387 g/mol. The van der Waals surface area contributed by atoms with Gasteiger partial charge in [0, 0.05) is 29.9 Å². The first-order valence-electron chi connectivity index (χ1n) is 7.63. The minimum Gasteiger partial charge on any atom is -0.379 e. The fourth-order valence-corrected chi connectivity index (χ4v) is 3.33. The summed E-state index contributed by atoms with van der Waals surface area (Å²) >= 11 is 5.07. The third kappa shape index (κ3) is 7.13. The van der Waals surface area contributed by atoms with Crippen LogP contribution in [0.5, 0.6) is 0 Å². The molecule has 0 aliphatic carbocycles. The lowest BCUT2D eigenvalue weighted by atomic mass is 10.2. The highest BCUT2D eigenvalue weighted by atomic mass is 79.9. The van der Waals surface area contributed by atoms with Gasteiger partial charge in [0.25, 0.3) is 0 Å². The van der Waals surface area contributed by atoms with Gasteiger partial charge in [0.2, 0.25) is 5.91 Å². The van der Waals surface area contributed by atoms with Gasteiger partial charge in [0.05, 0.1) is 19.0 Å². The van der Waals surface area contributed by atoms with E-state index < -0.39 is 0 Å². The van der Waals surface area contributed by atoms with Crippen molar-refractivity contribution in [2.24, 2.45) is 0 Å². The molecule has 22 heavy (non-hydrogen) atoms. The first kappa shape index (κ1) is 17.8. The van der Waals surface area contributed by atoms with Gasteiger partial charge in [0.1, 0.15) is 0 Å². The molecule has 1 amide bonds. The number of benzene rings is 1. The number of thioether (sulfide) groups is 1. The number of nitrogens with zero attached hydrogens (tertiary/aromatic N) is 1. The molecule has 0 bridgehead atoms. The van der Waals surface area contributed by atoms with Crippen molar-refractivity contribution in [2.45, 2.75) is 12.2 Å². The molecule has 6 heteroatoms. The minimum atomic E-state index is 0.129. The zero-order valence-corrected chi connectivity index (χ0v) is 15.1. The number of halogens is 1. The zero-order valence-electron chi connectivity index (χ0n) is 12.7. The molecule has 2 rings (SSSR count). The van der Waals surface area contributed by atoms with Gasteiger partial charge >= 0.3 is 0 Å². The van der Waals surface area contributed by atoms with E-state index in [0.29, 0.717) is 5.75 Å². The van der Waals surface area contributed by atoms with E-state index in [4.69, 9.17) is 4.74 Å². The molecule has 0 unspecified atom stereocenters. The molecule has 0 saturated carbocycles. The highest BCUT2D eigenvalue weighted by molar-refractivity contribution is 9.10. The van der Waals surface area contributed by atoms with Crippen molar-refractivity contribution in [3.05, 3.63) is 34.3 Å². The smallest absolute Gasteiger partial charge is 0.230 e. The fourth-order valence-electron chi connectivity index (χ4n) is 2.25. The lowest BCUT2D eigenvalue weighted by molar-refractivity contribution is -0.118. The Morgan fingerprint density at radius 2 is 2.00 bits per heavy atom. The van der Waals surface area contributed by atoms with Gasteiger partial charge in [-0.05, 0) is 30.7 Å². The molecule has 0 aromatic heterocycles. The summed E-state index contributed by atoms with van der Waals surface area (Å²) in [4.78, 5) is 14.2. The predicted molar refractivity (Wildman–Crippen MR) is 95.2 cm³/mol. The van der Waals surface area contributed by atoms with Crippen LogP contribution in [-0.2, 0) is 15.3 Å². The molecular formula is C16H23BrN2O2S. The lowest BCUT2D eigenvalue weighted by Gasteiger charge is -2.26. The number of amides is 1. The van der Waals surface area contributed by atoms with Crippen LogP contribution in [-0.4, -0.2) is 56.0 Å². The second-order valence-corrected chi connectivity index (χ2v) is 7.18. The summed E-state index contributed by atoms with van der Waals surface area (Å²) in [5, 5.41) is 2.99. The van der Waals surface area contributed by atoms with E-state index in [-0.39, 0.29) is 5.91 Å². The average Bonchev–Trinajstić information content (AvgIpc) is 2.54. The molecule has 1 aliphatic rings. The summed E-state index contributed by atoms with van der Waals surface area (Å²) in [5.74, 6) is 1.52. The number of morpholine rings is 1. The third-order valence-electron chi connectivity index (χ3n) is 3.49. The minimum absolute atomic E-state index is 0.129. The lowest BCUT2D eigenvalue weighted by Crippen LogP contribution is -2.38. The first-order valence-corrected chi connectivity index (χ1v) is 9.58. The van der Waals surface area contributed by atoms with Crippen molar-refractivity contribution in [1.82, 2.24) is 10.2 Å². The quantitative estimate of drug-likeness (QED) is 0.696. The van der Waals surface area contributed by atoms with Crippen molar-refractivity contribution in [2.75, 3.05) is 45.1 Å². The number of hydrogen-bond donors (Lipinski definition) is 1. The number of carbonyl (C=O) groups is 1. The number of carbonyl (C=O) groups excluding carboxylic acids is 1. The Labute approximate surface area is 145 Å². The topological polar surface area (TPSA) is 41.6 Å². The van der Waals surface area contributed by atoms with Crippen molar-refractivity contribution in [3.8, 4) is 0 Å². The van der Waals surface area contributed by atoms with E-state index in [9.17, 15) is 4.79 Å². The van der Waals surface area contributed by atoms with Gasteiger partial charge in [-0.25, -0.2) is 0 Å². The van der Waals surface area contributed by atoms with Gasteiger partial charge in [0.15, 0.2) is 0 Å². The molecule has 1 aromatic carbocycles. The Kier molecular flexibility index (Phi) is 8.30. The second-order valence-electron chi connectivity index (χ2n) is 5.28. The number of ether oxygens (including phenoxy) is 1. The van der Waals surface area contributed by atoms with Crippen LogP contribution in [0, 0.1) is 0 Å². The van der Waals surface area contributed by atoms with Gasteiger partial charge in [-0.1, -0.05) is 28.1 Å². The monoisotopic (exact) mass is 386 g/mol. The molecular weight excluding hydrogens is 364 g/mol. The number of rotatable bonds is 8. The van der Waals surface area contributed by atoms with Gasteiger partial charge < -0.3 is 10.1 Å². The Bertz CT molecular complexity index is 450. The number of nitrogens with one attached hydrogen (secondary N) is 1. The van der Waals surface area contributed by atoms with Crippen molar-refractivity contribution < 1.29 is 9.53 Å². The summed E-state index contributed by atoms with van der Waals surface area (Å²) in [7, 11) is 0. The summed E-state index contributed by atoms with van der Waals surface area (Å²) < 4.78 is 6.40. The van der Waals surface area contributed by atoms with Gasteiger partial charge in [-0.15, -0.1) is 11.8 Å². The SMILES string of the molecule is O=C(CSCc1ccc(Br)cc1)NCCCN1CCOCC1. The van der Waals surface area contributed by atoms with Gasteiger partial charge in [-0.2, -0.15) is 0 Å². The largest absolute Gasteiger partial charge is 0.379 e. The molecule has 1 aliphatic heterocycles. The van der Waals surface area contributed by atoms with Crippen LogP contribution >= 0.6 is 27.7 Å². The van der Waals surface area contributed by atoms with Gasteiger partial charge in [-0.3, -0.25) is 9.69 Å². The van der Waals surface area contributed by atoms with Crippen LogP contribution in [0.3, 0.4) is 0 Å². The van der Waals surface area contributed by atoms with Crippen molar-refractivity contribution in [3.63, 3.8) is 0 Å². The summed E-state index contributed by atoms with van der Waals surface area (Å²) in [5.41, 5.74) is 1.24. The molecule has 122 valence electrons. The highest BCUT2D eigenvalue weighted by Gasteiger charge is 2.09. The molecule has 1 saturated heterocycles. The summed E-state index contributed by atoms with van der Waals surface area (Å²) in [6.45, 7) is 5.48. The molecule has 4 nitrogen and oxygen atoms in total. The highest BCUT2D eigenvalue weighted by Crippen LogP contribution is 2.15. The summed E-state index contributed by atoms with van der Waals surface area (Å²) in [6, 6.07) is 8.22. The maximum atomic E-state index is 11.8. The molecule has 0 radical (unpaired) electrons. The van der Waals surface area contributed by atoms with Crippen LogP contribution in [0.25, 0.3) is 0 Å². The Morgan fingerprint density at radius 3 is 2.73 bits per heavy atom. The van der Waals surface area contributed by atoms with Crippen molar-refractivity contribution in [1.29, 1.82) is 0 Å². The van der Waals surface area contributed by atoms with E-state index >= 15 is 0 Å². The molecule has 1 heterocycles.